The molecular formula is C20H29FO3. The predicted octanol–water partition coefficient (Wildman–Crippen LogP) is 3.33. The minimum atomic E-state index is -1.69. The third-order valence-electron chi connectivity index (χ3n) is 8.60. The van der Waals surface area contributed by atoms with Crippen LogP contribution in [0.4, 0.5) is 4.39 Å². The molecule has 0 radical (unpaired) electrons. The molecule has 4 heteroatoms. The van der Waals surface area contributed by atoms with Gasteiger partial charge in [0.15, 0.2) is 5.78 Å². The van der Waals surface area contributed by atoms with Crippen LogP contribution < -0.4 is 0 Å². The molecule has 4 aliphatic carbocycles. The summed E-state index contributed by atoms with van der Waals surface area (Å²) in [5.74, 6) is -0.0593. The van der Waals surface area contributed by atoms with Crippen molar-refractivity contribution in [1.29, 1.82) is 0 Å². The summed E-state index contributed by atoms with van der Waals surface area (Å²) in [4.78, 5) is 11.8. The highest BCUT2D eigenvalue weighted by atomic mass is 19.1. The van der Waals surface area contributed by atoms with Crippen molar-refractivity contribution >= 4 is 5.78 Å². The van der Waals surface area contributed by atoms with E-state index in [1.807, 2.05) is 20.8 Å². The van der Waals surface area contributed by atoms with E-state index < -0.39 is 28.2 Å². The van der Waals surface area contributed by atoms with Crippen molar-refractivity contribution in [2.24, 2.45) is 22.7 Å². The molecule has 24 heavy (non-hydrogen) atoms. The van der Waals surface area contributed by atoms with Gasteiger partial charge in [-0.3, -0.25) is 4.79 Å². The van der Waals surface area contributed by atoms with Gasteiger partial charge in [-0.1, -0.05) is 19.4 Å². The summed E-state index contributed by atoms with van der Waals surface area (Å²) in [6.45, 7) is 5.79. The third-order valence-corrected chi connectivity index (χ3v) is 8.60. The summed E-state index contributed by atoms with van der Waals surface area (Å²) < 4.78 is 16.6. The van der Waals surface area contributed by atoms with Crippen LogP contribution >= 0.6 is 0 Å². The Balaban J connectivity index is 1.82. The van der Waals surface area contributed by atoms with Gasteiger partial charge < -0.3 is 10.2 Å². The summed E-state index contributed by atoms with van der Waals surface area (Å²) in [5, 5.41) is 21.9. The van der Waals surface area contributed by atoms with Gasteiger partial charge in [-0.25, -0.2) is 4.39 Å². The molecule has 0 aromatic rings. The van der Waals surface area contributed by atoms with E-state index in [0.29, 0.717) is 32.1 Å². The van der Waals surface area contributed by atoms with Crippen molar-refractivity contribution in [1.82, 2.24) is 0 Å². The number of carbonyl (C=O) groups excluding carboxylic acids is 1. The molecule has 0 amide bonds. The largest absolute Gasteiger partial charge is 0.390 e. The molecule has 0 aliphatic heterocycles. The van der Waals surface area contributed by atoms with Crippen LogP contribution in [0.2, 0.25) is 0 Å². The SMILES string of the molecule is C[C@]1(O)CC[C@H]2[C@@H]3CCC4=CC(=O)CC[C@]4(C)[C@@]3(F)C(O)C[C@@]21C. The number of ketones is 1. The average Bonchev–Trinajstić information content (AvgIpc) is 2.72. The highest BCUT2D eigenvalue weighted by Gasteiger charge is 2.72. The lowest BCUT2D eigenvalue weighted by Crippen LogP contribution is -2.68. The predicted molar refractivity (Wildman–Crippen MR) is 89.1 cm³/mol. The first-order valence-electron chi connectivity index (χ1n) is 9.39. The Morgan fingerprint density at radius 2 is 1.83 bits per heavy atom. The summed E-state index contributed by atoms with van der Waals surface area (Å²) in [6, 6.07) is 0. The van der Waals surface area contributed by atoms with E-state index in [1.54, 1.807) is 6.08 Å². The molecule has 4 aliphatic rings. The number of rotatable bonds is 0. The van der Waals surface area contributed by atoms with Crippen molar-refractivity contribution in [2.45, 2.75) is 83.1 Å². The lowest BCUT2D eigenvalue weighted by molar-refractivity contribution is -0.225. The Bertz CT molecular complexity index is 626. The number of hydrogen-bond acceptors (Lipinski definition) is 3. The Kier molecular flexibility index (Phi) is 3.27. The number of alkyl halides is 1. The first kappa shape index (κ1) is 16.7. The average molecular weight is 336 g/mol. The van der Waals surface area contributed by atoms with Crippen LogP contribution in [-0.4, -0.2) is 33.4 Å². The topological polar surface area (TPSA) is 57.5 Å². The van der Waals surface area contributed by atoms with Crippen molar-refractivity contribution < 1.29 is 19.4 Å². The number of aliphatic hydroxyl groups excluding tert-OH is 1. The fraction of sp³-hybridized carbons (Fsp3) is 0.850. The third kappa shape index (κ3) is 1.72. The van der Waals surface area contributed by atoms with Crippen LogP contribution in [0.1, 0.15) is 65.7 Å². The molecule has 0 heterocycles. The van der Waals surface area contributed by atoms with Gasteiger partial charge in [0, 0.05) is 23.2 Å². The zero-order valence-electron chi connectivity index (χ0n) is 14.9. The van der Waals surface area contributed by atoms with Gasteiger partial charge in [0.1, 0.15) is 5.67 Å². The molecule has 7 atom stereocenters. The molecule has 0 saturated heterocycles. The van der Waals surface area contributed by atoms with E-state index in [1.165, 1.54) is 0 Å². The summed E-state index contributed by atoms with van der Waals surface area (Å²) in [6.07, 6.45) is 4.60. The van der Waals surface area contributed by atoms with Gasteiger partial charge in [0.25, 0.3) is 0 Å². The maximum absolute atomic E-state index is 16.6. The fourth-order valence-electron chi connectivity index (χ4n) is 6.79. The maximum atomic E-state index is 16.6. The normalized spacial score (nSPS) is 57.0. The molecule has 1 unspecified atom stereocenters. The van der Waals surface area contributed by atoms with Crippen LogP contribution in [0.25, 0.3) is 0 Å². The molecule has 3 nitrogen and oxygen atoms in total. The molecule has 3 saturated carbocycles. The first-order chi connectivity index (χ1) is 11.1. The number of carbonyl (C=O) groups is 1. The van der Waals surface area contributed by atoms with Gasteiger partial charge >= 0.3 is 0 Å². The van der Waals surface area contributed by atoms with Gasteiger partial charge in [-0.15, -0.1) is 0 Å². The summed E-state index contributed by atoms with van der Waals surface area (Å²) in [7, 11) is 0. The molecule has 134 valence electrons. The van der Waals surface area contributed by atoms with E-state index in [2.05, 4.69) is 0 Å². The first-order valence-corrected chi connectivity index (χ1v) is 9.39. The van der Waals surface area contributed by atoms with E-state index in [-0.39, 0.29) is 17.6 Å². The second kappa shape index (κ2) is 4.70. The standard InChI is InChI=1S/C20H29FO3/c1-17-8-6-13(22)10-12(17)4-5-15-14-7-9-19(3,24)18(14,2)11-16(23)20(15,17)21/h10,14-16,23-24H,4-9,11H2,1-3H3/t14-,15-,16?,17-,18-,19-,20-/m0/s1. The van der Waals surface area contributed by atoms with E-state index in [9.17, 15) is 15.0 Å². The second-order valence-electron chi connectivity index (χ2n) is 9.44. The van der Waals surface area contributed by atoms with Crippen molar-refractivity contribution in [3.63, 3.8) is 0 Å². The Morgan fingerprint density at radius 3 is 2.54 bits per heavy atom. The number of hydrogen-bond donors (Lipinski definition) is 2. The molecule has 4 rings (SSSR count). The van der Waals surface area contributed by atoms with Crippen molar-refractivity contribution in [2.75, 3.05) is 0 Å². The second-order valence-corrected chi connectivity index (χ2v) is 9.44. The lowest BCUT2D eigenvalue weighted by Gasteiger charge is -2.63. The fourth-order valence-corrected chi connectivity index (χ4v) is 6.79. The van der Waals surface area contributed by atoms with Crippen LogP contribution in [0.15, 0.2) is 11.6 Å². The zero-order chi connectivity index (χ0) is 17.5. The molecule has 0 bridgehead atoms. The lowest BCUT2D eigenvalue weighted by atomic mass is 9.44. The number of aliphatic hydroxyl groups is 2. The highest BCUT2D eigenvalue weighted by molar-refractivity contribution is 5.91. The van der Waals surface area contributed by atoms with Gasteiger partial charge in [0.2, 0.25) is 0 Å². The molecule has 0 aromatic heterocycles. The summed E-state index contributed by atoms with van der Waals surface area (Å²) in [5.41, 5.74) is -2.83. The monoisotopic (exact) mass is 336 g/mol. The number of fused-ring (bicyclic) bond motifs is 5. The van der Waals surface area contributed by atoms with E-state index in [0.717, 1.165) is 18.4 Å². The van der Waals surface area contributed by atoms with Gasteiger partial charge in [-0.05, 0) is 57.4 Å². The summed E-state index contributed by atoms with van der Waals surface area (Å²) >= 11 is 0. The van der Waals surface area contributed by atoms with Crippen molar-refractivity contribution in [3.8, 4) is 0 Å². The minimum absolute atomic E-state index is 0.0865. The smallest absolute Gasteiger partial charge is 0.155 e. The van der Waals surface area contributed by atoms with E-state index in [4.69, 9.17) is 0 Å². The van der Waals surface area contributed by atoms with Crippen LogP contribution in [-0.2, 0) is 4.79 Å². The molecule has 0 spiro atoms. The van der Waals surface area contributed by atoms with E-state index >= 15 is 4.39 Å². The molecular weight excluding hydrogens is 307 g/mol. The maximum Gasteiger partial charge on any atom is 0.155 e. The Hall–Kier alpha value is -0.740. The van der Waals surface area contributed by atoms with Crippen LogP contribution in [0.3, 0.4) is 0 Å². The van der Waals surface area contributed by atoms with Crippen LogP contribution in [0, 0.1) is 22.7 Å². The molecule has 0 aromatic carbocycles. The van der Waals surface area contributed by atoms with Crippen LogP contribution in [0.5, 0.6) is 0 Å². The number of allylic oxidation sites excluding steroid dienone is 1. The zero-order valence-corrected chi connectivity index (χ0v) is 14.9. The Morgan fingerprint density at radius 1 is 1.12 bits per heavy atom. The quantitative estimate of drug-likeness (QED) is 0.713. The Labute approximate surface area is 143 Å². The minimum Gasteiger partial charge on any atom is -0.390 e. The van der Waals surface area contributed by atoms with Gasteiger partial charge in [-0.2, -0.15) is 0 Å². The highest BCUT2D eigenvalue weighted by Crippen LogP contribution is 2.70. The molecule has 3 fully saturated rings. The molecule has 2 N–H and O–H groups in total. The number of halogens is 1. The van der Waals surface area contributed by atoms with Crippen molar-refractivity contribution in [3.05, 3.63) is 11.6 Å². The van der Waals surface area contributed by atoms with Gasteiger partial charge in [0.05, 0.1) is 11.7 Å².